The monoisotopic (exact) mass is 341 g/mol. The fourth-order valence-electron chi connectivity index (χ4n) is 4.38. The number of carbonyl (C=O) groups excluding carboxylic acids is 1. The number of ether oxygens (including phenoxy) is 1. The van der Waals surface area contributed by atoms with Gasteiger partial charge in [-0.3, -0.25) is 4.79 Å². The van der Waals surface area contributed by atoms with E-state index >= 15 is 0 Å². The maximum absolute atomic E-state index is 13.1. The number of amides is 1. The van der Waals surface area contributed by atoms with Gasteiger partial charge in [-0.25, -0.2) is 4.98 Å². The number of nitrogens with one attached hydrogen (secondary N) is 1. The molecule has 0 bridgehead atoms. The van der Waals surface area contributed by atoms with Gasteiger partial charge in [-0.1, -0.05) is 26.0 Å². The zero-order valence-corrected chi connectivity index (χ0v) is 14.5. The lowest BCUT2D eigenvalue weighted by molar-refractivity contribution is -0.222. The van der Waals surface area contributed by atoms with Gasteiger partial charge in [0.2, 0.25) is 5.91 Å². The molecule has 6 heteroatoms. The van der Waals surface area contributed by atoms with Crippen molar-refractivity contribution in [3.8, 4) is 11.3 Å². The molecule has 0 radical (unpaired) electrons. The molecule has 1 aromatic carbocycles. The number of oxazole rings is 1. The van der Waals surface area contributed by atoms with Gasteiger partial charge < -0.3 is 20.2 Å². The van der Waals surface area contributed by atoms with Crippen LogP contribution in [0.5, 0.6) is 0 Å². The van der Waals surface area contributed by atoms with Crippen molar-refractivity contribution in [1.29, 1.82) is 0 Å². The lowest BCUT2D eigenvalue weighted by Crippen LogP contribution is -2.81. The Bertz CT molecular complexity index is 787. The molecule has 1 amide bonds. The van der Waals surface area contributed by atoms with Crippen LogP contribution in [-0.4, -0.2) is 29.1 Å². The van der Waals surface area contributed by atoms with Crippen LogP contribution in [0.2, 0.25) is 0 Å². The lowest BCUT2D eigenvalue weighted by Gasteiger charge is -2.65. The van der Waals surface area contributed by atoms with Gasteiger partial charge in [0.1, 0.15) is 5.54 Å². The quantitative estimate of drug-likeness (QED) is 0.896. The summed E-state index contributed by atoms with van der Waals surface area (Å²) < 4.78 is 11.2. The maximum Gasteiger partial charge on any atom is 0.245 e. The summed E-state index contributed by atoms with van der Waals surface area (Å²) in [6.07, 6.45) is 4.96. The molecule has 3 atom stereocenters. The van der Waals surface area contributed by atoms with E-state index in [9.17, 15) is 4.79 Å². The molecule has 2 aromatic rings. The van der Waals surface area contributed by atoms with E-state index in [0.29, 0.717) is 11.4 Å². The number of nitrogens with zero attached hydrogens (tertiary/aromatic N) is 1. The minimum atomic E-state index is -0.930. The van der Waals surface area contributed by atoms with Gasteiger partial charge in [-0.05, 0) is 25.0 Å². The Hall–Kier alpha value is -2.18. The van der Waals surface area contributed by atoms with Gasteiger partial charge in [0, 0.05) is 29.2 Å². The number of aromatic nitrogens is 1. The first-order valence-corrected chi connectivity index (χ1v) is 8.65. The van der Waals surface area contributed by atoms with Gasteiger partial charge in [0.05, 0.1) is 12.3 Å². The highest BCUT2D eigenvalue weighted by Crippen LogP contribution is 2.57. The minimum absolute atomic E-state index is 0.0533. The highest BCUT2D eigenvalue weighted by molar-refractivity contribution is 6.00. The van der Waals surface area contributed by atoms with Crippen molar-refractivity contribution < 1.29 is 13.9 Å². The first kappa shape index (κ1) is 16.3. The second kappa shape index (κ2) is 5.68. The highest BCUT2D eigenvalue weighted by Gasteiger charge is 2.70. The van der Waals surface area contributed by atoms with Gasteiger partial charge >= 0.3 is 0 Å². The zero-order valence-electron chi connectivity index (χ0n) is 14.5. The molecule has 1 aliphatic carbocycles. The van der Waals surface area contributed by atoms with E-state index in [1.54, 1.807) is 6.20 Å². The Morgan fingerprint density at radius 1 is 1.40 bits per heavy atom. The summed E-state index contributed by atoms with van der Waals surface area (Å²) >= 11 is 0. The van der Waals surface area contributed by atoms with Gasteiger partial charge in [-0.15, -0.1) is 0 Å². The Morgan fingerprint density at radius 2 is 2.24 bits per heavy atom. The molecular weight excluding hydrogens is 318 g/mol. The molecule has 1 saturated heterocycles. The number of carbonyl (C=O) groups is 1. The number of nitrogens with two attached hydrogens (primary N) is 1. The largest absolute Gasteiger partial charge is 0.444 e. The van der Waals surface area contributed by atoms with E-state index in [1.165, 1.54) is 6.39 Å². The molecule has 2 fully saturated rings. The molecule has 4 rings (SSSR count). The van der Waals surface area contributed by atoms with Crippen molar-refractivity contribution in [2.24, 2.45) is 17.1 Å². The van der Waals surface area contributed by atoms with Crippen molar-refractivity contribution in [2.75, 3.05) is 11.9 Å². The summed E-state index contributed by atoms with van der Waals surface area (Å²) in [7, 11) is 0. The Morgan fingerprint density at radius 3 is 3.00 bits per heavy atom. The summed E-state index contributed by atoms with van der Waals surface area (Å²) in [6, 6.07) is 7.49. The zero-order chi connectivity index (χ0) is 17.7. The van der Waals surface area contributed by atoms with Crippen LogP contribution < -0.4 is 11.1 Å². The van der Waals surface area contributed by atoms with Crippen LogP contribution >= 0.6 is 0 Å². The number of benzene rings is 1. The van der Waals surface area contributed by atoms with Crippen LogP contribution in [0.25, 0.3) is 11.3 Å². The second-order valence-electron chi connectivity index (χ2n) is 7.53. The van der Waals surface area contributed by atoms with Crippen molar-refractivity contribution >= 4 is 11.6 Å². The normalized spacial score (nSPS) is 30.2. The van der Waals surface area contributed by atoms with Gasteiger partial charge in [0.15, 0.2) is 12.2 Å². The van der Waals surface area contributed by atoms with Crippen LogP contribution in [-0.2, 0) is 9.53 Å². The summed E-state index contributed by atoms with van der Waals surface area (Å²) in [5.74, 6) is 0.566. The van der Waals surface area contributed by atoms with Crippen molar-refractivity contribution in [2.45, 2.75) is 38.3 Å². The molecule has 3 unspecified atom stereocenters. The third-order valence-corrected chi connectivity index (χ3v) is 5.90. The average Bonchev–Trinajstić information content (AvgIpc) is 3.16. The summed E-state index contributed by atoms with van der Waals surface area (Å²) in [5.41, 5.74) is 6.86. The smallest absolute Gasteiger partial charge is 0.245 e. The fourth-order valence-corrected chi connectivity index (χ4v) is 4.38. The molecule has 3 N–H and O–H groups in total. The van der Waals surface area contributed by atoms with E-state index < -0.39 is 11.0 Å². The fraction of sp³-hybridized carbons (Fsp3) is 0.474. The molecule has 2 aliphatic rings. The maximum atomic E-state index is 13.1. The van der Waals surface area contributed by atoms with Crippen LogP contribution in [0.1, 0.15) is 26.7 Å². The molecule has 132 valence electrons. The second-order valence-corrected chi connectivity index (χ2v) is 7.53. The molecule has 0 spiro atoms. The molecule has 6 nitrogen and oxygen atoms in total. The summed E-state index contributed by atoms with van der Waals surface area (Å²) in [4.78, 5) is 17.0. The third kappa shape index (κ3) is 2.32. The van der Waals surface area contributed by atoms with E-state index in [1.807, 2.05) is 38.1 Å². The SMILES string of the molecule is CC1(C)C2OCCCC2C1(N)C(=O)Nc1cccc(-c2cnco2)c1. The Balaban J connectivity index is 1.57. The van der Waals surface area contributed by atoms with E-state index in [-0.39, 0.29) is 17.9 Å². The molecule has 2 heterocycles. The van der Waals surface area contributed by atoms with Crippen molar-refractivity contribution in [1.82, 2.24) is 4.98 Å². The van der Waals surface area contributed by atoms with Crippen LogP contribution in [0.3, 0.4) is 0 Å². The molecule has 25 heavy (non-hydrogen) atoms. The summed E-state index contributed by atoms with van der Waals surface area (Å²) in [5, 5.41) is 2.99. The van der Waals surface area contributed by atoms with Crippen molar-refractivity contribution in [3.63, 3.8) is 0 Å². The van der Waals surface area contributed by atoms with Crippen LogP contribution in [0.15, 0.2) is 41.3 Å². The van der Waals surface area contributed by atoms with Gasteiger partial charge in [-0.2, -0.15) is 0 Å². The van der Waals surface area contributed by atoms with E-state index in [2.05, 4.69) is 10.3 Å². The predicted molar refractivity (Wildman–Crippen MR) is 93.7 cm³/mol. The Kier molecular flexibility index (Phi) is 3.70. The van der Waals surface area contributed by atoms with Crippen LogP contribution in [0, 0.1) is 11.3 Å². The standard InChI is InChI=1S/C19H23N3O3/c1-18(2)16-14(7-4-8-24-16)19(18,20)17(23)22-13-6-3-5-12(9-13)15-10-21-11-25-15/h3,5-6,9-11,14,16H,4,7-8,20H2,1-2H3,(H,22,23). The number of rotatable bonds is 3. The number of fused-ring (bicyclic) bond motifs is 1. The topological polar surface area (TPSA) is 90.4 Å². The molecule has 1 saturated carbocycles. The van der Waals surface area contributed by atoms with E-state index in [0.717, 1.165) is 25.0 Å². The van der Waals surface area contributed by atoms with Crippen molar-refractivity contribution in [3.05, 3.63) is 36.9 Å². The third-order valence-electron chi connectivity index (χ3n) is 5.90. The number of anilines is 1. The molecule has 1 aliphatic heterocycles. The first-order valence-electron chi connectivity index (χ1n) is 8.65. The van der Waals surface area contributed by atoms with Gasteiger partial charge in [0.25, 0.3) is 0 Å². The van der Waals surface area contributed by atoms with E-state index in [4.69, 9.17) is 14.9 Å². The highest BCUT2D eigenvalue weighted by atomic mass is 16.5. The molecular formula is C19H23N3O3. The number of hydrogen-bond donors (Lipinski definition) is 2. The predicted octanol–water partition coefficient (Wildman–Crippen LogP) is 2.81. The Labute approximate surface area is 146 Å². The number of hydrogen-bond acceptors (Lipinski definition) is 5. The minimum Gasteiger partial charge on any atom is -0.444 e. The summed E-state index contributed by atoms with van der Waals surface area (Å²) in [6.45, 7) is 4.79. The average molecular weight is 341 g/mol. The first-order chi connectivity index (χ1) is 11.9. The van der Waals surface area contributed by atoms with Crippen LogP contribution in [0.4, 0.5) is 5.69 Å². The molecule has 1 aromatic heterocycles. The lowest BCUT2D eigenvalue weighted by atomic mass is 9.46.